The number of fused-ring (bicyclic) bond motifs is 10. The lowest BCUT2D eigenvalue weighted by atomic mass is 9.63. The van der Waals surface area contributed by atoms with E-state index < -0.39 is 0 Å². The summed E-state index contributed by atoms with van der Waals surface area (Å²) in [5.74, 6) is 0. The normalized spacial score (nSPS) is 15.2. The molecule has 0 radical (unpaired) electrons. The molecule has 2 nitrogen and oxygen atoms in total. The van der Waals surface area contributed by atoms with E-state index in [-0.39, 0.29) is 10.8 Å². The molecule has 260 valence electrons. The number of nitrogens with zero attached hydrogens (tertiary/aromatic N) is 2. The van der Waals surface area contributed by atoms with Crippen molar-refractivity contribution in [3.63, 3.8) is 0 Å². The molecule has 0 saturated carbocycles. The van der Waals surface area contributed by atoms with Crippen LogP contribution in [0.3, 0.4) is 0 Å². The molecule has 10 aromatic rings. The highest BCUT2D eigenvalue weighted by Gasteiger charge is 2.38. The van der Waals surface area contributed by atoms with E-state index in [9.17, 15) is 0 Å². The summed E-state index contributed by atoms with van der Waals surface area (Å²) >= 11 is 0. The quantitative estimate of drug-likeness (QED) is 0.174. The third-order valence-electron chi connectivity index (χ3n) is 12.8. The predicted octanol–water partition coefficient (Wildman–Crippen LogP) is 14.2. The van der Waals surface area contributed by atoms with Gasteiger partial charge in [0.2, 0.25) is 0 Å². The van der Waals surface area contributed by atoms with E-state index in [1.165, 1.54) is 112 Å². The molecule has 8 aromatic carbocycles. The maximum absolute atomic E-state index is 2.56. The van der Waals surface area contributed by atoms with Gasteiger partial charge in [-0.15, -0.1) is 0 Å². The summed E-state index contributed by atoms with van der Waals surface area (Å²) in [6.45, 7) is 9.75. The Balaban J connectivity index is 1.32. The molecule has 0 amide bonds. The van der Waals surface area contributed by atoms with Crippen LogP contribution in [-0.2, 0) is 10.8 Å². The van der Waals surface area contributed by atoms with Crippen molar-refractivity contribution in [2.45, 2.75) is 51.4 Å². The largest absolute Gasteiger partial charge is 0.309 e. The van der Waals surface area contributed by atoms with Crippen LogP contribution < -0.4 is 0 Å². The minimum Gasteiger partial charge on any atom is -0.309 e. The summed E-state index contributed by atoms with van der Waals surface area (Å²) in [5, 5.41) is 10.3. The molecule has 0 atom stereocenters. The minimum absolute atomic E-state index is 0.112. The molecule has 11 rings (SSSR count). The van der Waals surface area contributed by atoms with Gasteiger partial charge >= 0.3 is 0 Å². The Morgan fingerprint density at radius 1 is 0.407 bits per heavy atom. The van der Waals surface area contributed by atoms with Crippen LogP contribution in [0.2, 0.25) is 0 Å². The van der Waals surface area contributed by atoms with Crippen molar-refractivity contribution >= 4 is 65.2 Å². The smallest absolute Gasteiger partial charge is 0.0562 e. The van der Waals surface area contributed by atoms with Gasteiger partial charge in [-0.05, 0) is 111 Å². The first kappa shape index (κ1) is 31.4. The molecule has 0 N–H and O–H groups in total. The van der Waals surface area contributed by atoms with E-state index in [1.54, 1.807) is 0 Å². The number of hydrogen-bond acceptors (Lipinski definition) is 0. The second-order valence-corrected chi connectivity index (χ2v) is 16.8. The van der Waals surface area contributed by atoms with Gasteiger partial charge in [-0.3, -0.25) is 0 Å². The van der Waals surface area contributed by atoms with Crippen LogP contribution in [0.4, 0.5) is 0 Å². The fraction of sp³-hybridized carbons (Fsp3) is 0.154. The molecule has 0 fully saturated rings. The molecule has 0 bridgehead atoms. The van der Waals surface area contributed by atoms with Crippen molar-refractivity contribution in [3.05, 3.63) is 169 Å². The second kappa shape index (κ2) is 11.2. The van der Waals surface area contributed by atoms with E-state index >= 15 is 0 Å². The summed E-state index contributed by atoms with van der Waals surface area (Å²) in [7, 11) is 0. The van der Waals surface area contributed by atoms with Gasteiger partial charge in [0.1, 0.15) is 0 Å². The lowest BCUT2D eigenvalue weighted by molar-refractivity contribution is 0.332. The molecule has 1 aliphatic carbocycles. The Bertz CT molecular complexity index is 3140. The SMILES string of the molecule is CC1(C)CCC(C)(C)c2cc3c(cc21)c1cc2c4c5ccccc5ccc4n(-c4ccc(-c5ccccc5)c5ccccc45)c2cc1n3-c1ccccc1. The summed E-state index contributed by atoms with van der Waals surface area (Å²) in [4.78, 5) is 0. The van der Waals surface area contributed by atoms with Gasteiger partial charge in [0, 0.05) is 32.6 Å². The topological polar surface area (TPSA) is 9.86 Å². The van der Waals surface area contributed by atoms with Gasteiger partial charge in [0.05, 0.1) is 27.8 Å². The zero-order chi connectivity index (χ0) is 36.3. The van der Waals surface area contributed by atoms with E-state index in [4.69, 9.17) is 0 Å². The lowest BCUT2D eigenvalue weighted by Gasteiger charge is -2.42. The monoisotopic (exact) mass is 694 g/mol. The van der Waals surface area contributed by atoms with Gasteiger partial charge in [-0.25, -0.2) is 0 Å². The fourth-order valence-electron chi connectivity index (χ4n) is 9.82. The van der Waals surface area contributed by atoms with Crippen LogP contribution in [0.15, 0.2) is 158 Å². The van der Waals surface area contributed by atoms with Crippen molar-refractivity contribution < 1.29 is 0 Å². The first-order chi connectivity index (χ1) is 26.3. The minimum atomic E-state index is 0.112. The Morgan fingerprint density at radius 3 is 1.76 bits per heavy atom. The molecule has 0 spiro atoms. The molecule has 2 heterocycles. The summed E-state index contributed by atoms with van der Waals surface area (Å²) in [6.07, 6.45) is 2.38. The average molecular weight is 695 g/mol. The van der Waals surface area contributed by atoms with E-state index in [2.05, 4.69) is 195 Å². The Hall–Kier alpha value is -6.12. The van der Waals surface area contributed by atoms with Gasteiger partial charge < -0.3 is 9.13 Å². The standard InChI is InChI=1S/C52H42N2/c1-51(2)27-28-52(3,4)44-31-47-41(30-43(44)51)40-29-42-49(32-48(40)53(47)35-18-9-6-10-19-35)54(46-25-23-34-17-11-12-20-37(34)50(42)46)45-26-24-36(33-15-7-5-8-16-33)38-21-13-14-22-39(38)45/h5-26,29-32H,27-28H2,1-4H3. The van der Waals surface area contributed by atoms with Gasteiger partial charge in [-0.1, -0.05) is 137 Å². The molecule has 0 saturated heterocycles. The molecule has 2 aromatic heterocycles. The lowest BCUT2D eigenvalue weighted by Crippen LogP contribution is -2.33. The van der Waals surface area contributed by atoms with Crippen molar-refractivity contribution in [1.82, 2.24) is 9.13 Å². The zero-order valence-electron chi connectivity index (χ0n) is 31.3. The number of aromatic nitrogens is 2. The predicted molar refractivity (Wildman–Crippen MR) is 231 cm³/mol. The molecular formula is C52H42N2. The molecule has 1 aliphatic rings. The highest BCUT2D eigenvalue weighted by Crippen LogP contribution is 2.50. The fourth-order valence-corrected chi connectivity index (χ4v) is 9.82. The van der Waals surface area contributed by atoms with Crippen LogP contribution in [-0.4, -0.2) is 9.13 Å². The Morgan fingerprint density at radius 2 is 1.00 bits per heavy atom. The van der Waals surface area contributed by atoms with Gasteiger partial charge in [-0.2, -0.15) is 0 Å². The molecule has 54 heavy (non-hydrogen) atoms. The summed E-state index contributed by atoms with van der Waals surface area (Å²) in [5.41, 5.74) is 13.0. The number of para-hydroxylation sites is 1. The third kappa shape index (κ3) is 4.40. The summed E-state index contributed by atoms with van der Waals surface area (Å²) in [6, 6.07) is 59.0. The number of rotatable bonds is 3. The highest BCUT2D eigenvalue weighted by atomic mass is 15.0. The maximum Gasteiger partial charge on any atom is 0.0562 e. The number of hydrogen-bond donors (Lipinski definition) is 0. The van der Waals surface area contributed by atoms with Crippen LogP contribution in [0.25, 0.3) is 87.7 Å². The Kier molecular flexibility index (Phi) is 6.51. The third-order valence-corrected chi connectivity index (χ3v) is 12.8. The second-order valence-electron chi connectivity index (χ2n) is 16.8. The number of benzene rings is 8. The van der Waals surface area contributed by atoms with Crippen LogP contribution in [0.5, 0.6) is 0 Å². The van der Waals surface area contributed by atoms with Gasteiger partial charge in [0.15, 0.2) is 0 Å². The van der Waals surface area contributed by atoms with Gasteiger partial charge in [0.25, 0.3) is 0 Å². The average Bonchev–Trinajstić information content (AvgIpc) is 3.70. The van der Waals surface area contributed by atoms with Crippen LogP contribution >= 0.6 is 0 Å². The zero-order valence-corrected chi connectivity index (χ0v) is 31.3. The van der Waals surface area contributed by atoms with Crippen LogP contribution in [0, 0.1) is 0 Å². The molecule has 2 heteroatoms. The van der Waals surface area contributed by atoms with Crippen molar-refractivity contribution in [1.29, 1.82) is 0 Å². The Labute approximate surface area is 315 Å². The van der Waals surface area contributed by atoms with Crippen LogP contribution in [0.1, 0.15) is 51.7 Å². The maximum atomic E-state index is 2.56. The molecular weight excluding hydrogens is 653 g/mol. The summed E-state index contributed by atoms with van der Waals surface area (Å²) < 4.78 is 5.07. The van der Waals surface area contributed by atoms with Crippen molar-refractivity contribution in [2.24, 2.45) is 0 Å². The van der Waals surface area contributed by atoms with Crippen molar-refractivity contribution in [2.75, 3.05) is 0 Å². The molecule has 0 unspecified atom stereocenters. The first-order valence-corrected chi connectivity index (χ1v) is 19.4. The molecule has 0 aliphatic heterocycles. The highest BCUT2D eigenvalue weighted by molar-refractivity contribution is 6.26. The van der Waals surface area contributed by atoms with Crippen molar-refractivity contribution in [3.8, 4) is 22.5 Å². The van der Waals surface area contributed by atoms with E-state index in [1.807, 2.05) is 0 Å². The van der Waals surface area contributed by atoms with E-state index in [0.29, 0.717) is 0 Å². The first-order valence-electron chi connectivity index (χ1n) is 19.4. The van der Waals surface area contributed by atoms with E-state index in [0.717, 1.165) is 0 Å².